The van der Waals surface area contributed by atoms with Gasteiger partial charge in [-0.15, -0.1) is 5.10 Å². The number of ether oxygens (including phenoxy) is 2. The number of hydrogen-bond donors (Lipinski definition) is 1. The molecule has 0 spiro atoms. The maximum atomic E-state index is 11.5. The summed E-state index contributed by atoms with van der Waals surface area (Å²) in [5.41, 5.74) is 0.239. The van der Waals surface area contributed by atoms with Crippen molar-refractivity contribution < 1.29 is 14.3 Å². The van der Waals surface area contributed by atoms with E-state index in [0.29, 0.717) is 12.6 Å². The Morgan fingerprint density at radius 3 is 3.06 bits per heavy atom. The van der Waals surface area contributed by atoms with Crippen molar-refractivity contribution in [2.45, 2.75) is 6.04 Å². The van der Waals surface area contributed by atoms with Crippen LogP contribution in [-0.4, -0.2) is 54.4 Å². The Hall–Kier alpha value is -1.47. The zero-order chi connectivity index (χ0) is 11.4. The molecule has 1 aliphatic rings. The van der Waals surface area contributed by atoms with Crippen LogP contribution >= 0.6 is 0 Å². The van der Waals surface area contributed by atoms with E-state index >= 15 is 0 Å². The fraction of sp³-hybridized carbons (Fsp3) is 0.667. The van der Waals surface area contributed by atoms with E-state index < -0.39 is 5.97 Å². The van der Waals surface area contributed by atoms with E-state index in [0.717, 1.165) is 13.1 Å². The van der Waals surface area contributed by atoms with Gasteiger partial charge in [-0.2, -0.15) is 0 Å². The van der Waals surface area contributed by atoms with Crippen LogP contribution in [0.2, 0.25) is 0 Å². The van der Waals surface area contributed by atoms with Crippen LogP contribution in [-0.2, 0) is 9.47 Å². The lowest BCUT2D eigenvalue weighted by molar-refractivity contribution is 0.0381. The first kappa shape index (κ1) is 11.0. The molecule has 2 heterocycles. The van der Waals surface area contributed by atoms with Gasteiger partial charge in [-0.1, -0.05) is 5.21 Å². The molecule has 7 heteroatoms. The molecular formula is C9H14N4O3. The fourth-order valence-corrected chi connectivity index (χ4v) is 1.30. The van der Waals surface area contributed by atoms with E-state index in [9.17, 15) is 4.79 Å². The highest BCUT2D eigenvalue weighted by molar-refractivity contribution is 5.86. The Kier molecular flexibility index (Phi) is 3.47. The summed E-state index contributed by atoms with van der Waals surface area (Å²) in [6.07, 6.45) is 1.61. The number of rotatable bonds is 5. The maximum absolute atomic E-state index is 11.5. The largest absolute Gasteiger partial charge is 0.458 e. The number of methoxy groups -OCH3 is 1. The molecule has 0 unspecified atom stereocenters. The average Bonchev–Trinajstić information content (AvgIpc) is 2.64. The van der Waals surface area contributed by atoms with Crippen molar-refractivity contribution in [3.63, 3.8) is 0 Å². The summed E-state index contributed by atoms with van der Waals surface area (Å²) in [5.74, 6) is -0.462. The van der Waals surface area contributed by atoms with Crippen LogP contribution in [0, 0.1) is 0 Å². The summed E-state index contributed by atoms with van der Waals surface area (Å²) < 4.78 is 11.4. The van der Waals surface area contributed by atoms with Gasteiger partial charge in [-0.05, 0) is 0 Å². The molecule has 1 aromatic heterocycles. The Morgan fingerprint density at radius 2 is 2.44 bits per heavy atom. The molecule has 0 bridgehead atoms. The van der Waals surface area contributed by atoms with Crippen molar-refractivity contribution in [3.8, 4) is 0 Å². The number of carbonyl (C=O) groups excluding carboxylic acids is 1. The molecule has 0 aromatic carbocycles. The third kappa shape index (κ3) is 2.37. The molecule has 1 N–H and O–H groups in total. The van der Waals surface area contributed by atoms with Gasteiger partial charge in [-0.3, -0.25) is 0 Å². The topological polar surface area (TPSA) is 78.3 Å². The number of nitrogens with one attached hydrogen (secondary N) is 1. The smallest absolute Gasteiger partial charge is 0.360 e. The van der Waals surface area contributed by atoms with Gasteiger partial charge < -0.3 is 14.8 Å². The van der Waals surface area contributed by atoms with Crippen LogP contribution in [0.5, 0.6) is 0 Å². The van der Waals surface area contributed by atoms with Gasteiger partial charge in [0.05, 0.1) is 18.8 Å². The second-order valence-electron chi connectivity index (χ2n) is 3.52. The molecular weight excluding hydrogens is 212 g/mol. The molecule has 0 amide bonds. The summed E-state index contributed by atoms with van der Waals surface area (Å²) in [5, 5.41) is 10.8. The van der Waals surface area contributed by atoms with Gasteiger partial charge in [0, 0.05) is 20.2 Å². The number of carbonyl (C=O) groups is 1. The minimum atomic E-state index is -0.462. The van der Waals surface area contributed by atoms with E-state index in [2.05, 4.69) is 15.6 Å². The molecule has 1 fully saturated rings. The maximum Gasteiger partial charge on any atom is 0.360 e. The molecule has 16 heavy (non-hydrogen) atoms. The van der Waals surface area contributed by atoms with Crippen LogP contribution in [0.15, 0.2) is 6.20 Å². The number of esters is 1. The Bertz CT molecular complexity index is 361. The molecule has 0 aliphatic carbocycles. The highest BCUT2D eigenvalue weighted by atomic mass is 16.6. The van der Waals surface area contributed by atoms with Crippen LogP contribution in [0.3, 0.4) is 0 Å². The lowest BCUT2D eigenvalue weighted by Crippen LogP contribution is -2.43. The predicted molar refractivity (Wildman–Crippen MR) is 54.1 cm³/mol. The zero-order valence-electron chi connectivity index (χ0n) is 9.05. The van der Waals surface area contributed by atoms with Crippen molar-refractivity contribution >= 4 is 5.97 Å². The summed E-state index contributed by atoms with van der Waals surface area (Å²) in [7, 11) is 1.55. The molecule has 2 rings (SSSR count). The minimum Gasteiger partial charge on any atom is -0.458 e. The molecule has 1 aliphatic heterocycles. The standard InChI is InChI=1S/C9H14N4O3/c1-15-2-3-16-9(14)8-6-13(12-11-8)7-4-10-5-7/h6-7,10H,2-5H2,1H3. The first-order valence-electron chi connectivity index (χ1n) is 5.10. The third-order valence-corrected chi connectivity index (χ3v) is 2.37. The van der Waals surface area contributed by atoms with Crippen LogP contribution in [0.25, 0.3) is 0 Å². The SMILES string of the molecule is COCCOC(=O)c1cn(C2CNC2)nn1. The zero-order valence-corrected chi connectivity index (χ0v) is 9.05. The molecule has 0 atom stereocenters. The van der Waals surface area contributed by atoms with Gasteiger partial charge in [0.15, 0.2) is 5.69 Å². The summed E-state index contributed by atoms with van der Waals surface area (Å²) in [4.78, 5) is 11.5. The minimum absolute atomic E-state index is 0.229. The van der Waals surface area contributed by atoms with Crippen molar-refractivity contribution in [2.24, 2.45) is 0 Å². The number of nitrogens with zero attached hydrogens (tertiary/aromatic N) is 3. The van der Waals surface area contributed by atoms with Crippen molar-refractivity contribution in [2.75, 3.05) is 33.4 Å². The first-order chi connectivity index (χ1) is 7.81. The average molecular weight is 226 g/mol. The Labute approximate surface area is 92.7 Å². The summed E-state index contributed by atoms with van der Waals surface area (Å²) in [6, 6.07) is 0.299. The van der Waals surface area contributed by atoms with E-state index in [1.165, 1.54) is 0 Å². The second kappa shape index (κ2) is 5.04. The van der Waals surface area contributed by atoms with Crippen LogP contribution < -0.4 is 5.32 Å². The van der Waals surface area contributed by atoms with Crippen molar-refractivity contribution in [3.05, 3.63) is 11.9 Å². The van der Waals surface area contributed by atoms with E-state index in [1.807, 2.05) is 0 Å². The van der Waals surface area contributed by atoms with Crippen LogP contribution in [0.4, 0.5) is 0 Å². The van der Waals surface area contributed by atoms with Gasteiger partial charge in [0.1, 0.15) is 6.61 Å². The fourth-order valence-electron chi connectivity index (χ4n) is 1.30. The summed E-state index contributed by atoms with van der Waals surface area (Å²) in [6.45, 7) is 2.34. The monoisotopic (exact) mass is 226 g/mol. The van der Waals surface area contributed by atoms with E-state index in [1.54, 1.807) is 18.0 Å². The quantitative estimate of drug-likeness (QED) is 0.524. The van der Waals surface area contributed by atoms with Crippen molar-refractivity contribution in [1.29, 1.82) is 0 Å². The second-order valence-corrected chi connectivity index (χ2v) is 3.52. The van der Waals surface area contributed by atoms with Crippen molar-refractivity contribution in [1.82, 2.24) is 20.3 Å². The number of aromatic nitrogens is 3. The molecule has 88 valence electrons. The molecule has 1 saturated heterocycles. The van der Waals surface area contributed by atoms with E-state index in [-0.39, 0.29) is 12.3 Å². The van der Waals surface area contributed by atoms with Gasteiger partial charge in [-0.25, -0.2) is 9.48 Å². The highest BCUT2D eigenvalue weighted by Crippen LogP contribution is 2.10. The Morgan fingerprint density at radius 1 is 1.62 bits per heavy atom. The molecule has 1 aromatic rings. The Balaban J connectivity index is 1.87. The van der Waals surface area contributed by atoms with Gasteiger partial charge in [0.2, 0.25) is 0 Å². The molecule has 0 saturated carbocycles. The van der Waals surface area contributed by atoms with Crippen LogP contribution in [0.1, 0.15) is 16.5 Å². The number of hydrogen-bond acceptors (Lipinski definition) is 6. The first-order valence-corrected chi connectivity index (χ1v) is 5.10. The van der Waals surface area contributed by atoms with E-state index in [4.69, 9.17) is 9.47 Å². The normalized spacial score (nSPS) is 15.8. The molecule has 0 radical (unpaired) electrons. The lowest BCUT2D eigenvalue weighted by atomic mass is 10.2. The summed E-state index contributed by atoms with van der Waals surface area (Å²) >= 11 is 0. The van der Waals surface area contributed by atoms with Gasteiger partial charge in [0.25, 0.3) is 0 Å². The lowest BCUT2D eigenvalue weighted by Gasteiger charge is -2.26. The third-order valence-electron chi connectivity index (χ3n) is 2.37. The van der Waals surface area contributed by atoms with Gasteiger partial charge >= 0.3 is 5.97 Å². The molecule has 7 nitrogen and oxygen atoms in total. The predicted octanol–water partition coefficient (Wildman–Crippen LogP) is -0.774. The highest BCUT2D eigenvalue weighted by Gasteiger charge is 2.21.